The predicted octanol–water partition coefficient (Wildman–Crippen LogP) is 1.52. The van der Waals surface area contributed by atoms with Crippen molar-refractivity contribution in [1.29, 1.82) is 0 Å². The number of ether oxygens (including phenoxy) is 1. The van der Waals surface area contributed by atoms with Gasteiger partial charge in [0.15, 0.2) is 0 Å². The van der Waals surface area contributed by atoms with E-state index in [1.54, 1.807) is 6.08 Å². The molecule has 0 aliphatic heterocycles. The third-order valence-corrected chi connectivity index (χ3v) is 1.18. The van der Waals surface area contributed by atoms with E-state index in [1.807, 2.05) is 13.8 Å². The number of rotatable bonds is 2. The van der Waals surface area contributed by atoms with E-state index < -0.39 is 0 Å². The Kier molecular flexibility index (Phi) is 3.76. The minimum absolute atomic E-state index is 0.222. The molecule has 0 amide bonds. The van der Waals surface area contributed by atoms with Crippen LogP contribution in [0.15, 0.2) is 11.6 Å². The van der Waals surface area contributed by atoms with Gasteiger partial charge in [-0.3, -0.25) is 0 Å². The molecule has 0 aromatic carbocycles. The molecule has 0 saturated heterocycles. The highest BCUT2D eigenvalue weighted by molar-refractivity contribution is 5.88. The Hall–Kier alpha value is -0.790. The van der Waals surface area contributed by atoms with Crippen molar-refractivity contribution in [3.8, 4) is 0 Å². The highest BCUT2D eigenvalue weighted by Gasteiger charge is 2.03. The van der Waals surface area contributed by atoms with Gasteiger partial charge in [0.25, 0.3) is 0 Å². The van der Waals surface area contributed by atoms with Crippen molar-refractivity contribution in [3.05, 3.63) is 11.6 Å². The number of carbonyl (C=O) groups is 1. The number of esters is 1. The first-order valence-electron chi connectivity index (χ1n) is 2.99. The smallest absolute Gasteiger partial charge is 0.333 e. The summed E-state index contributed by atoms with van der Waals surface area (Å²) in [6.45, 7) is 3.75. The van der Waals surface area contributed by atoms with E-state index in [0.29, 0.717) is 0 Å². The SMILES string of the molecule is C/C=C(/CC)C(=O)OC. The highest BCUT2D eigenvalue weighted by atomic mass is 16.5. The lowest BCUT2D eigenvalue weighted by molar-refractivity contribution is -0.136. The van der Waals surface area contributed by atoms with E-state index in [-0.39, 0.29) is 5.97 Å². The summed E-state index contributed by atoms with van der Waals surface area (Å²) in [6.07, 6.45) is 2.51. The lowest BCUT2D eigenvalue weighted by atomic mass is 10.2. The van der Waals surface area contributed by atoms with Crippen LogP contribution in [-0.2, 0) is 9.53 Å². The first kappa shape index (κ1) is 8.21. The van der Waals surface area contributed by atoms with Crippen molar-refractivity contribution in [2.75, 3.05) is 7.11 Å². The molecule has 0 aromatic heterocycles. The Morgan fingerprint density at radius 3 is 2.33 bits per heavy atom. The predicted molar refractivity (Wildman–Crippen MR) is 36.1 cm³/mol. The quantitative estimate of drug-likeness (QED) is 0.416. The zero-order chi connectivity index (χ0) is 7.28. The van der Waals surface area contributed by atoms with Crippen LogP contribution in [0.3, 0.4) is 0 Å². The molecule has 2 heteroatoms. The maximum absolute atomic E-state index is 10.7. The molecule has 9 heavy (non-hydrogen) atoms. The first-order valence-corrected chi connectivity index (χ1v) is 2.99. The molecule has 0 heterocycles. The van der Waals surface area contributed by atoms with E-state index in [0.717, 1.165) is 12.0 Å². The van der Waals surface area contributed by atoms with E-state index in [2.05, 4.69) is 4.74 Å². The summed E-state index contributed by atoms with van der Waals surface area (Å²) >= 11 is 0. The van der Waals surface area contributed by atoms with E-state index in [1.165, 1.54) is 7.11 Å². The third-order valence-electron chi connectivity index (χ3n) is 1.18. The Balaban J connectivity index is 3.97. The standard InChI is InChI=1S/C7H12O2/c1-4-6(5-2)7(8)9-3/h4H,5H2,1-3H3/b6-4-. The third kappa shape index (κ3) is 2.31. The summed E-state index contributed by atoms with van der Waals surface area (Å²) in [6, 6.07) is 0. The van der Waals surface area contributed by atoms with E-state index >= 15 is 0 Å². The number of hydrogen-bond acceptors (Lipinski definition) is 2. The van der Waals surface area contributed by atoms with Gasteiger partial charge in [-0.05, 0) is 13.3 Å². The summed E-state index contributed by atoms with van der Waals surface area (Å²) < 4.78 is 4.49. The van der Waals surface area contributed by atoms with Gasteiger partial charge in [-0.2, -0.15) is 0 Å². The molecule has 0 unspecified atom stereocenters. The largest absolute Gasteiger partial charge is 0.466 e. The topological polar surface area (TPSA) is 26.3 Å². The average molecular weight is 128 g/mol. The van der Waals surface area contributed by atoms with Crippen molar-refractivity contribution >= 4 is 5.97 Å². The second-order valence-corrected chi connectivity index (χ2v) is 1.66. The lowest BCUT2D eigenvalue weighted by Gasteiger charge is -1.98. The minimum Gasteiger partial charge on any atom is -0.466 e. The molecule has 52 valence electrons. The lowest BCUT2D eigenvalue weighted by Crippen LogP contribution is -2.02. The molecule has 0 rings (SSSR count). The van der Waals surface area contributed by atoms with Gasteiger partial charge in [0, 0.05) is 5.57 Å². The average Bonchev–Trinajstić information content (AvgIpc) is 1.90. The van der Waals surface area contributed by atoms with Gasteiger partial charge >= 0.3 is 5.97 Å². The van der Waals surface area contributed by atoms with Crippen molar-refractivity contribution in [3.63, 3.8) is 0 Å². The summed E-state index contributed by atoms with van der Waals surface area (Å²) in [7, 11) is 1.39. The summed E-state index contributed by atoms with van der Waals surface area (Å²) in [5.74, 6) is -0.222. The van der Waals surface area contributed by atoms with Crippen LogP contribution >= 0.6 is 0 Å². The van der Waals surface area contributed by atoms with Crippen molar-refractivity contribution < 1.29 is 9.53 Å². The number of methoxy groups -OCH3 is 1. The Morgan fingerprint density at radius 2 is 2.22 bits per heavy atom. The van der Waals surface area contributed by atoms with E-state index in [9.17, 15) is 4.79 Å². The fourth-order valence-electron chi connectivity index (χ4n) is 0.597. The highest BCUT2D eigenvalue weighted by Crippen LogP contribution is 2.00. The molecule has 0 N–H and O–H groups in total. The van der Waals surface area contributed by atoms with Crippen LogP contribution in [-0.4, -0.2) is 13.1 Å². The van der Waals surface area contributed by atoms with Gasteiger partial charge in [0.2, 0.25) is 0 Å². The summed E-state index contributed by atoms with van der Waals surface area (Å²) in [5.41, 5.74) is 0.734. The maximum Gasteiger partial charge on any atom is 0.333 e. The monoisotopic (exact) mass is 128 g/mol. The zero-order valence-corrected chi connectivity index (χ0v) is 6.10. The molecular formula is C7H12O2. The van der Waals surface area contributed by atoms with E-state index in [4.69, 9.17) is 0 Å². The summed E-state index contributed by atoms with van der Waals surface area (Å²) in [5, 5.41) is 0. The number of allylic oxidation sites excluding steroid dienone is 1. The van der Waals surface area contributed by atoms with Gasteiger partial charge < -0.3 is 4.74 Å². The van der Waals surface area contributed by atoms with Crippen LogP contribution in [0.5, 0.6) is 0 Å². The molecule has 0 atom stereocenters. The molecule has 0 fully saturated rings. The van der Waals surface area contributed by atoms with Crippen LogP contribution in [0.25, 0.3) is 0 Å². The van der Waals surface area contributed by atoms with Crippen LogP contribution in [0, 0.1) is 0 Å². The molecule has 0 bridgehead atoms. The Labute approximate surface area is 55.5 Å². The maximum atomic E-state index is 10.7. The Morgan fingerprint density at radius 1 is 1.67 bits per heavy atom. The van der Waals surface area contributed by atoms with Crippen LogP contribution in [0.2, 0.25) is 0 Å². The van der Waals surface area contributed by atoms with Crippen molar-refractivity contribution in [2.45, 2.75) is 20.3 Å². The summed E-state index contributed by atoms with van der Waals surface area (Å²) in [4.78, 5) is 10.7. The second-order valence-electron chi connectivity index (χ2n) is 1.66. The molecule has 0 radical (unpaired) electrons. The molecule has 0 aromatic rings. The van der Waals surface area contributed by atoms with Crippen molar-refractivity contribution in [2.24, 2.45) is 0 Å². The molecule has 0 aliphatic carbocycles. The van der Waals surface area contributed by atoms with Gasteiger partial charge in [0.05, 0.1) is 7.11 Å². The van der Waals surface area contributed by atoms with Crippen molar-refractivity contribution in [1.82, 2.24) is 0 Å². The van der Waals surface area contributed by atoms with Crippen LogP contribution in [0.1, 0.15) is 20.3 Å². The molecular weight excluding hydrogens is 116 g/mol. The zero-order valence-electron chi connectivity index (χ0n) is 6.10. The normalized spacial score (nSPS) is 11.2. The number of carbonyl (C=O) groups excluding carboxylic acids is 1. The van der Waals surface area contributed by atoms with Gasteiger partial charge in [0.1, 0.15) is 0 Å². The fourth-order valence-corrected chi connectivity index (χ4v) is 0.597. The fraction of sp³-hybridized carbons (Fsp3) is 0.571. The van der Waals surface area contributed by atoms with Gasteiger partial charge in [-0.25, -0.2) is 4.79 Å². The number of hydrogen-bond donors (Lipinski definition) is 0. The minimum atomic E-state index is -0.222. The molecule has 0 saturated carbocycles. The van der Waals surface area contributed by atoms with Crippen LogP contribution < -0.4 is 0 Å². The Bertz CT molecular complexity index is 125. The molecule has 2 nitrogen and oxygen atoms in total. The molecule has 0 aliphatic rings. The molecule has 0 spiro atoms. The van der Waals surface area contributed by atoms with Crippen LogP contribution in [0.4, 0.5) is 0 Å². The van der Waals surface area contributed by atoms with Gasteiger partial charge in [-0.15, -0.1) is 0 Å². The van der Waals surface area contributed by atoms with Gasteiger partial charge in [-0.1, -0.05) is 13.0 Å². The second kappa shape index (κ2) is 4.13. The first-order chi connectivity index (χ1) is 4.26.